The number of fused-ring (bicyclic) bond motifs is 5. The number of ether oxygens (including phenoxy) is 1. The fraction of sp³-hybridized carbons (Fsp3) is 0.750. The largest absolute Gasteiger partial charge is 0.393 e. The Balaban J connectivity index is 1.34. The van der Waals surface area contributed by atoms with Gasteiger partial charge in [-0.05, 0) is 92.1 Å². The molecule has 6 nitrogen and oxygen atoms in total. The van der Waals surface area contributed by atoms with E-state index in [1.54, 1.807) is 0 Å². The molecule has 0 radical (unpaired) electrons. The summed E-state index contributed by atoms with van der Waals surface area (Å²) in [6, 6.07) is 0. The lowest BCUT2D eigenvalue weighted by Crippen LogP contribution is -2.57. The molecule has 6 heteroatoms. The molecular weight excluding hydrogens is 430 g/mol. The van der Waals surface area contributed by atoms with E-state index in [9.17, 15) is 19.5 Å². The Morgan fingerprint density at radius 3 is 2.79 bits per heavy atom. The fourth-order valence-corrected chi connectivity index (χ4v) is 8.10. The molecule has 0 aromatic heterocycles. The molecule has 188 valence electrons. The predicted octanol–water partition coefficient (Wildman–Crippen LogP) is 3.77. The minimum absolute atomic E-state index is 0.0577. The molecule has 0 aromatic rings. The number of aliphatic hydroxyl groups excluding tert-OH is 1. The van der Waals surface area contributed by atoms with Crippen molar-refractivity contribution in [1.29, 1.82) is 0 Å². The third-order valence-corrected chi connectivity index (χ3v) is 9.73. The minimum Gasteiger partial charge on any atom is -0.393 e. The van der Waals surface area contributed by atoms with Crippen LogP contribution in [0.25, 0.3) is 0 Å². The quantitative estimate of drug-likeness (QED) is 0.394. The van der Waals surface area contributed by atoms with Gasteiger partial charge in [-0.1, -0.05) is 26.0 Å². The molecule has 0 spiro atoms. The lowest BCUT2D eigenvalue weighted by molar-refractivity contribution is -0.147. The predicted molar refractivity (Wildman–Crippen MR) is 130 cm³/mol. The summed E-state index contributed by atoms with van der Waals surface area (Å²) in [6.07, 6.45) is 10.2. The van der Waals surface area contributed by atoms with Gasteiger partial charge in [-0.25, -0.2) is 0 Å². The first kappa shape index (κ1) is 25.3. The zero-order chi connectivity index (χ0) is 24.5. The summed E-state index contributed by atoms with van der Waals surface area (Å²) in [5.74, 6) is 1.21. The number of aliphatic hydroxyl groups is 1. The number of Topliss-reactive ketones (excluding diaryl/α,β-unsaturated/α-hetero) is 1. The van der Waals surface area contributed by atoms with Gasteiger partial charge in [0.2, 0.25) is 5.91 Å². The van der Waals surface area contributed by atoms with E-state index in [2.05, 4.69) is 25.7 Å². The minimum atomic E-state index is -0.437. The standard InChI is InChI=1S/C28H41NO5/c1-4-25(33)29-13-5-6-14-34-17-24(32)22-10-9-21-20-8-7-18-15-19(30)11-12-27(18,2)26(20)23(31)16-28(21,22)3/h4,15,20-23,26,31H,1,5-14,16-17H2,2-3H3,(H,29,33)/t20-,21-,22+,23?,26+,27-,28-/m0/s1. The van der Waals surface area contributed by atoms with Crippen molar-refractivity contribution in [2.75, 3.05) is 19.8 Å². The van der Waals surface area contributed by atoms with Gasteiger partial charge in [0.25, 0.3) is 0 Å². The van der Waals surface area contributed by atoms with Gasteiger partial charge < -0.3 is 15.2 Å². The molecule has 1 amide bonds. The lowest BCUT2D eigenvalue weighted by atomic mass is 9.46. The summed E-state index contributed by atoms with van der Waals surface area (Å²) in [7, 11) is 0. The molecular formula is C28H41NO5. The molecule has 2 N–H and O–H groups in total. The topological polar surface area (TPSA) is 92.7 Å². The smallest absolute Gasteiger partial charge is 0.243 e. The number of ketones is 2. The normalized spacial score (nSPS) is 38.9. The highest BCUT2D eigenvalue weighted by Gasteiger charge is 2.62. The number of hydrogen-bond donors (Lipinski definition) is 2. The molecule has 0 bridgehead atoms. The Labute approximate surface area is 203 Å². The first-order chi connectivity index (χ1) is 16.2. The fourth-order valence-electron chi connectivity index (χ4n) is 8.10. The molecule has 1 unspecified atom stereocenters. The van der Waals surface area contributed by atoms with Crippen LogP contribution in [0.5, 0.6) is 0 Å². The maximum Gasteiger partial charge on any atom is 0.243 e. The van der Waals surface area contributed by atoms with E-state index in [0.29, 0.717) is 37.8 Å². The third kappa shape index (κ3) is 4.56. The van der Waals surface area contributed by atoms with Crippen molar-refractivity contribution in [1.82, 2.24) is 5.32 Å². The molecule has 4 aliphatic rings. The Morgan fingerprint density at radius 2 is 2.03 bits per heavy atom. The average Bonchev–Trinajstić information content (AvgIpc) is 3.14. The van der Waals surface area contributed by atoms with E-state index < -0.39 is 6.10 Å². The van der Waals surface area contributed by atoms with Crippen LogP contribution in [0, 0.1) is 34.5 Å². The Hall–Kier alpha value is -1.79. The number of nitrogens with one attached hydrogen (secondary N) is 1. The van der Waals surface area contributed by atoms with Gasteiger partial charge in [-0.3, -0.25) is 14.4 Å². The molecule has 0 saturated heterocycles. The molecule has 4 aliphatic carbocycles. The third-order valence-electron chi connectivity index (χ3n) is 9.73. The SMILES string of the molecule is C=CC(=O)NCCCCOCC(=O)[C@H]1CC[C@H]2[C@@H]3CCC4=CC(=O)CC[C@]4(C)[C@H]3C(O)C[C@]12C. The number of rotatable bonds is 9. The van der Waals surface area contributed by atoms with Gasteiger partial charge in [0, 0.05) is 25.5 Å². The molecule has 0 aliphatic heterocycles. The maximum absolute atomic E-state index is 13.2. The van der Waals surface area contributed by atoms with Crippen LogP contribution in [0.1, 0.15) is 71.6 Å². The van der Waals surface area contributed by atoms with Gasteiger partial charge in [-0.15, -0.1) is 0 Å². The first-order valence-electron chi connectivity index (χ1n) is 13.1. The van der Waals surface area contributed by atoms with Gasteiger partial charge in [0.15, 0.2) is 11.6 Å². The number of amides is 1. The molecule has 7 atom stereocenters. The first-order valence-corrected chi connectivity index (χ1v) is 13.1. The number of carbonyl (C=O) groups is 3. The van der Waals surface area contributed by atoms with Crippen LogP contribution < -0.4 is 5.32 Å². The van der Waals surface area contributed by atoms with Crippen LogP contribution in [0.2, 0.25) is 0 Å². The highest BCUT2D eigenvalue weighted by Crippen LogP contribution is 2.66. The van der Waals surface area contributed by atoms with E-state index >= 15 is 0 Å². The Morgan fingerprint density at radius 1 is 1.24 bits per heavy atom. The van der Waals surface area contributed by atoms with Crippen LogP contribution in [0.4, 0.5) is 0 Å². The van der Waals surface area contributed by atoms with Crippen molar-refractivity contribution < 1.29 is 24.2 Å². The van der Waals surface area contributed by atoms with Crippen molar-refractivity contribution in [3.05, 3.63) is 24.3 Å². The summed E-state index contributed by atoms with van der Waals surface area (Å²) in [6.45, 7) is 9.13. The van der Waals surface area contributed by atoms with Crippen LogP contribution in [-0.2, 0) is 19.1 Å². The zero-order valence-electron chi connectivity index (χ0n) is 20.8. The monoisotopic (exact) mass is 471 g/mol. The summed E-state index contributed by atoms with van der Waals surface area (Å²) >= 11 is 0. The van der Waals surface area contributed by atoms with Crippen molar-refractivity contribution in [2.24, 2.45) is 34.5 Å². The average molecular weight is 472 g/mol. The summed E-state index contributed by atoms with van der Waals surface area (Å²) in [4.78, 5) is 36.4. The van der Waals surface area contributed by atoms with E-state index in [1.165, 1.54) is 11.6 Å². The van der Waals surface area contributed by atoms with Gasteiger partial charge in [0.05, 0.1) is 6.10 Å². The number of carbonyl (C=O) groups excluding carboxylic acids is 3. The van der Waals surface area contributed by atoms with Crippen LogP contribution in [0.3, 0.4) is 0 Å². The van der Waals surface area contributed by atoms with Crippen LogP contribution in [-0.4, -0.2) is 48.4 Å². The van der Waals surface area contributed by atoms with Crippen LogP contribution >= 0.6 is 0 Å². The highest BCUT2D eigenvalue weighted by atomic mass is 16.5. The molecule has 0 aromatic carbocycles. The van der Waals surface area contributed by atoms with E-state index in [-0.39, 0.29) is 46.7 Å². The van der Waals surface area contributed by atoms with E-state index in [4.69, 9.17) is 4.74 Å². The van der Waals surface area contributed by atoms with Crippen molar-refractivity contribution in [2.45, 2.75) is 77.7 Å². The second-order valence-corrected chi connectivity index (χ2v) is 11.5. The van der Waals surface area contributed by atoms with Crippen molar-refractivity contribution in [3.8, 4) is 0 Å². The summed E-state index contributed by atoms with van der Waals surface area (Å²) in [5, 5.41) is 14.2. The highest BCUT2D eigenvalue weighted by molar-refractivity contribution is 5.91. The molecule has 4 rings (SSSR count). The molecule has 34 heavy (non-hydrogen) atoms. The van der Waals surface area contributed by atoms with Crippen LogP contribution in [0.15, 0.2) is 24.3 Å². The molecule has 3 saturated carbocycles. The molecule has 0 heterocycles. The van der Waals surface area contributed by atoms with Crippen molar-refractivity contribution >= 4 is 17.5 Å². The van der Waals surface area contributed by atoms with Gasteiger partial charge in [-0.2, -0.15) is 0 Å². The number of allylic oxidation sites excluding steroid dienone is 1. The van der Waals surface area contributed by atoms with Gasteiger partial charge in [0.1, 0.15) is 6.61 Å². The Kier molecular flexibility index (Phi) is 7.49. The number of hydrogen-bond acceptors (Lipinski definition) is 5. The number of unbranched alkanes of at least 4 members (excludes halogenated alkanes) is 1. The van der Waals surface area contributed by atoms with Gasteiger partial charge >= 0.3 is 0 Å². The Bertz CT molecular complexity index is 865. The van der Waals surface area contributed by atoms with E-state index in [1.807, 2.05) is 6.08 Å². The van der Waals surface area contributed by atoms with Crippen molar-refractivity contribution in [3.63, 3.8) is 0 Å². The second kappa shape index (κ2) is 10.1. The lowest BCUT2D eigenvalue weighted by Gasteiger charge is -2.59. The molecule has 3 fully saturated rings. The second-order valence-electron chi connectivity index (χ2n) is 11.5. The summed E-state index contributed by atoms with van der Waals surface area (Å²) < 4.78 is 5.71. The maximum atomic E-state index is 13.2. The zero-order valence-corrected chi connectivity index (χ0v) is 20.8. The summed E-state index contributed by atoms with van der Waals surface area (Å²) in [5.41, 5.74) is 0.974. The van der Waals surface area contributed by atoms with E-state index in [0.717, 1.165) is 44.9 Å².